The van der Waals surface area contributed by atoms with Crippen molar-refractivity contribution in [2.75, 3.05) is 0 Å². The summed E-state index contributed by atoms with van der Waals surface area (Å²) in [5, 5.41) is 0. The van der Waals surface area contributed by atoms with Gasteiger partial charge in [0.05, 0.1) is 0 Å². The average Bonchev–Trinajstić information content (AvgIpc) is 2.46. The quantitative estimate of drug-likeness (QED) is 0.500. The van der Waals surface area contributed by atoms with Crippen LogP contribution in [0.5, 0.6) is 0 Å². The summed E-state index contributed by atoms with van der Waals surface area (Å²) in [7, 11) is 0. The Kier molecular flexibility index (Phi) is 3.33. The number of hydrogen-bond donors (Lipinski definition) is 0. The van der Waals surface area contributed by atoms with Crippen LogP contribution >= 0.6 is 0 Å². The van der Waals surface area contributed by atoms with Crippen molar-refractivity contribution in [3.8, 4) is 0 Å². The van der Waals surface area contributed by atoms with Gasteiger partial charge in [0.1, 0.15) is 0 Å². The molecule has 0 unspecified atom stereocenters. The molecule has 0 bridgehead atoms. The first kappa shape index (κ1) is 10.2. The molecule has 0 atom stereocenters. The summed E-state index contributed by atoms with van der Waals surface area (Å²) >= 11 is 0. The van der Waals surface area contributed by atoms with Gasteiger partial charge in [-0.2, -0.15) is 0 Å². The first-order valence-corrected chi connectivity index (χ1v) is 5.65. The number of benzene rings is 1. The van der Waals surface area contributed by atoms with Crippen molar-refractivity contribution >= 4 is 11.9 Å². The van der Waals surface area contributed by atoms with Gasteiger partial charge in [0, 0.05) is 6.42 Å². The predicted octanol–water partition coefficient (Wildman–Crippen LogP) is 3.60. The summed E-state index contributed by atoms with van der Waals surface area (Å²) in [4.78, 5) is 11.8. The van der Waals surface area contributed by atoms with E-state index in [0.717, 1.165) is 36.8 Å². The van der Waals surface area contributed by atoms with Crippen LogP contribution in [-0.2, 0) is 4.79 Å². The van der Waals surface area contributed by atoms with E-state index >= 15 is 0 Å². The maximum Gasteiger partial charge on any atom is 0.158 e. The Morgan fingerprint density at radius 2 is 1.67 bits per heavy atom. The fourth-order valence-corrected chi connectivity index (χ4v) is 1.98. The number of carbonyl (C=O) groups is 1. The Morgan fingerprint density at radius 3 is 2.47 bits per heavy atom. The van der Waals surface area contributed by atoms with Crippen LogP contribution in [0.15, 0.2) is 35.9 Å². The maximum absolute atomic E-state index is 11.8. The Hall–Kier alpha value is -1.37. The van der Waals surface area contributed by atoms with E-state index in [9.17, 15) is 4.79 Å². The third-order valence-corrected chi connectivity index (χ3v) is 2.85. The van der Waals surface area contributed by atoms with Crippen molar-refractivity contribution in [1.29, 1.82) is 0 Å². The van der Waals surface area contributed by atoms with Crippen molar-refractivity contribution in [2.45, 2.75) is 32.1 Å². The van der Waals surface area contributed by atoms with Crippen molar-refractivity contribution in [1.82, 2.24) is 0 Å². The molecule has 0 heterocycles. The van der Waals surface area contributed by atoms with Crippen LogP contribution in [0, 0.1) is 0 Å². The number of allylic oxidation sites excluding steroid dienone is 1. The van der Waals surface area contributed by atoms with Gasteiger partial charge in [-0.25, -0.2) is 0 Å². The SMILES string of the molecule is O=C1CCCCC/C1=C/c1ccccc1. The highest BCUT2D eigenvalue weighted by Gasteiger charge is 2.12. The molecule has 0 radical (unpaired) electrons. The summed E-state index contributed by atoms with van der Waals surface area (Å²) < 4.78 is 0. The summed E-state index contributed by atoms with van der Waals surface area (Å²) in [5.74, 6) is 0.344. The molecule has 15 heavy (non-hydrogen) atoms. The van der Waals surface area contributed by atoms with E-state index < -0.39 is 0 Å². The molecular weight excluding hydrogens is 184 g/mol. The monoisotopic (exact) mass is 200 g/mol. The predicted molar refractivity (Wildman–Crippen MR) is 62.5 cm³/mol. The molecule has 0 saturated heterocycles. The van der Waals surface area contributed by atoms with Gasteiger partial charge in [0.15, 0.2) is 5.78 Å². The summed E-state index contributed by atoms with van der Waals surface area (Å²) in [6, 6.07) is 10.1. The lowest BCUT2D eigenvalue weighted by Crippen LogP contribution is -1.98. The van der Waals surface area contributed by atoms with Crippen molar-refractivity contribution in [3.05, 3.63) is 41.5 Å². The average molecular weight is 200 g/mol. The van der Waals surface area contributed by atoms with Gasteiger partial charge >= 0.3 is 0 Å². The molecule has 0 aromatic heterocycles. The topological polar surface area (TPSA) is 17.1 Å². The van der Waals surface area contributed by atoms with E-state index in [1.165, 1.54) is 6.42 Å². The zero-order valence-corrected chi connectivity index (χ0v) is 8.91. The van der Waals surface area contributed by atoms with Gasteiger partial charge in [-0.3, -0.25) is 4.79 Å². The summed E-state index contributed by atoms with van der Waals surface area (Å²) in [6.07, 6.45) is 7.15. The second-order valence-electron chi connectivity index (χ2n) is 4.06. The van der Waals surface area contributed by atoms with Crippen LogP contribution in [-0.4, -0.2) is 5.78 Å². The molecule has 2 rings (SSSR count). The molecule has 0 spiro atoms. The van der Waals surface area contributed by atoms with Gasteiger partial charge in [0.25, 0.3) is 0 Å². The minimum atomic E-state index is 0.344. The highest BCUT2D eigenvalue weighted by Crippen LogP contribution is 2.21. The van der Waals surface area contributed by atoms with E-state index in [-0.39, 0.29) is 0 Å². The van der Waals surface area contributed by atoms with Crippen LogP contribution < -0.4 is 0 Å². The van der Waals surface area contributed by atoms with Crippen LogP contribution in [0.25, 0.3) is 6.08 Å². The standard InChI is InChI=1S/C14H16O/c15-14-10-6-2-5-9-13(14)11-12-7-3-1-4-8-12/h1,3-4,7-8,11H,2,5-6,9-10H2/b13-11-. The minimum Gasteiger partial charge on any atom is -0.295 e. The smallest absolute Gasteiger partial charge is 0.158 e. The molecule has 1 saturated carbocycles. The molecule has 1 fully saturated rings. The number of ketones is 1. The fraction of sp³-hybridized carbons (Fsp3) is 0.357. The second-order valence-corrected chi connectivity index (χ2v) is 4.06. The first-order chi connectivity index (χ1) is 7.36. The zero-order chi connectivity index (χ0) is 10.5. The molecule has 1 aromatic rings. The van der Waals surface area contributed by atoms with Crippen LogP contribution in [0.3, 0.4) is 0 Å². The van der Waals surface area contributed by atoms with Crippen LogP contribution in [0.1, 0.15) is 37.7 Å². The molecule has 0 N–H and O–H groups in total. The summed E-state index contributed by atoms with van der Waals surface area (Å²) in [5.41, 5.74) is 2.15. The Bertz CT molecular complexity index is 362. The Morgan fingerprint density at radius 1 is 0.933 bits per heavy atom. The Balaban J connectivity index is 2.20. The zero-order valence-electron chi connectivity index (χ0n) is 8.91. The van der Waals surface area contributed by atoms with E-state index in [1.807, 2.05) is 36.4 Å². The molecule has 1 aliphatic carbocycles. The van der Waals surface area contributed by atoms with Gasteiger partial charge in [-0.1, -0.05) is 36.8 Å². The summed E-state index contributed by atoms with van der Waals surface area (Å²) in [6.45, 7) is 0. The van der Waals surface area contributed by atoms with Crippen molar-refractivity contribution in [2.24, 2.45) is 0 Å². The lowest BCUT2D eigenvalue weighted by molar-refractivity contribution is -0.115. The van der Waals surface area contributed by atoms with Gasteiger partial charge in [-0.05, 0) is 36.5 Å². The van der Waals surface area contributed by atoms with Crippen molar-refractivity contribution < 1.29 is 4.79 Å². The number of Topliss-reactive ketones (excluding diaryl/α,β-unsaturated/α-hetero) is 1. The lowest BCUT2D eigenvalue weighted by Gasteiger charge is -2.01. The van der Waals surface area contributed by atoms with Gasteiger partial charge in [-0.15, -0.1) is 0 Å². The Labute approximate surface area is 90.8 Å². The highest BCUT2D eigenvalue weighted by atomic mass is 16.1. The maximum atomic E-state index is 11.8. The van der Waals surface area contributed by atoms with Crippen LogP contribution in [0.4, 0.5) is 0 Å². The molecule has 0 amide bonds. The van der Waals surface area contributed by atoms with E-state index in [1.54, 1.807) is 0 Å². The molecule has 78 valence electrons. The third-order valence-electron chi connectivity index (χ3n) is 2.85. The normalized spacial score (nSPS) is 20.3. The van der Waals surface area contributed by atoms with Crippen molar-refractivity contribution in [3.63, 3.8) is 0 Å². The van der Waals surface area contributed by atoms with E-state index in [0.29, 0.717) is 5.78 Å². The minimum absolute atomic E-state index is 0.344. The number of rotatable bonds is 1. The third kappa shape index (κ3) is 2.79. The number of carbonyl (C=O) groups excluding carboxylic acids is 1. The van der Waals surface area contributed by atoms with Gasteiger partial charge in [0.2, 0.25) is 0 Å². The molecular formula is C14H16O. The molecule has 1 aliphatic rings. The fourth-order valence-electron chi connectivity index (χ4n) is 1.98. The van der Waals surface area contributed by atoms with Crippen LogP contribution in [0.2, 0.25) is 0 Å². The van der Waals surface area contributed by atoms with E-state index in [2.05, 4.69) is 0 Å². The molecule has 1 heteroatoms. The highest BCUT2D eigenvalue weighted by molar-refractivity contribution is 5.99. The van der Waals surface area contributed by atoms with E-state index in [4.69, 9.17) is 0 Å². The molecule has 1 nitrogen and oxygen atoms in total. The first-order valence-electron chi connectivity index (χ1n) is 5.65. The van der Waals surface area contributed by atoms with Gasteiger partial charge < -0.3 is 0 Å². The molecule has 1 aromatic carbocycles. The molecule has 0 aliphatic heterocycles. The lowest BCUT2D eigenvalue weighted by atomic mass is 10.0. The number of hydrogen-bond acceptors (Lipinski definition) is 1. The largest absolute Gasteiger partial charge is 0.295 e. The second kappa shape index (κ2) is 4.92.